The van der Waals surface area contributed by atoms with E-state index < -0.39 is 0 Å². The van der Waals surface area contributed by atoms with Crippen molar-refractivity contribution in [3.05, 3.63) is 29.7 Å². The number of aromatic nitrogens is 2. The van der Waals surface area contributed by atoms with Crippen molar-refractivity contribution in [3.8, 4) is 0 Å². The first-order valence-electron chi connectivity index (χ1n) is 8.28. The van der Waals surface area contributed by atoms with Gasteiger partial charge < -0.3 is 4.90 Å². The number of nitrogens with zero attached hydrogens (tertiary/aromatic N) is 4. The molecule has 7 heteroatoms. The van der Waals surface area contributed by atoms with Gasteiger partial charge >= 0.3 is 0 Å². The SMILES string of the molecule is Cc1nc(N2CCC[C@@H]2C(=O)N2CCCO2)nc2ccc(F)cc12. The second-order valence-electron chi connectivity index (χ2n) is 6.25. The Morgan fingerprint density at radius 2 is 2.17 bits per heavy atom. The summed E-state index contributed by atoms with van der Waals surface area (Å²) in [5.74, 6) is 0.203. The summed E-state index contributed by atoms with van der Waals surface area (Å²) < 4.78 is 13.4. The summed E-state index contributed by atoms with van der Waals surface area (Å²) in [5.41, 5.74) is 1.40. The molecule has 24 heavy (non-hydrogen) atoms. The van der Waals surface area contributed by atoms with Crippen LogP contribution in [0.4, 0.5) is 10.3 Å². The molecule has 0 N–H and O–H groups in total. The van der Waals surface area contributed by atoms with Gasteiger partial charge in [-0.25, -0.2) is 19.4 Å². The summed E-state index contributed by atoms with van der Waals surface area (Å²) in [7, 11) is 0. The van der Waals surface area contributed by atoms with E-state index in [4.69, 9.17) is 4.84 Å². The average Bonchev–Trinajstić information content (AvgIpc) is 3.26. The Hall–Kier alpha value is -2.28. The first kappa shape index (κ1) is 15.3. The lowest BCUT2D eigenvalue weighted by Gasteiger charge is -2.27. The average molecular weight is 330 g/mol. The molecule has 0 spiro atoms. The fourth-order valence-corrected chi connectivity index (χ4v) is 3.42. The van der Waals surface area contributed by atoms with Crippen molar-refractivity contribution in [1.82, 2.24) is 15.0 Å². The van der Waals surface area contributed by atoms with E-state index in [1.54, 1.807) is 6.07 Å². The Morgan fingerprint density at radius 1 is 1.29 bits per heavy atom. The Balaban J connectivity index is 1.67. The van der Waals surface area contributed by atoms with Gasteiger partial charge in [-0.05, 0) is 44.4 Å². The topological polar surface area (TPSA) is 58.6 Å². The highest BCUT2D eigenvalue weighted by Crippen LogP contribution is 2.27. The molecule has 126 valence electrons. The molecule has 2 saturated heterocycles. The molecule has 6 nitrogen and oxygen atoms in total. The zero-order valence-corrected chi connectivity index (χ0v) is 13.5. The molecular weight excluding hydrogens is 311 g/mol. The molecule has 1 amide bonds. The lowest BCUT2D eigenvalue weighted by atomic mass is 10.2. The zero-order valence-electron chi connectivity index (χ0n) is 13.5. The molecule has 4 rings (SSSR count). The maximum Gasteiger partial charge on any atom is 0.268 e. The highest BCUT2D eigenvalue weighted by atomic mass is 19.1. The predicted molar refractivity (Wildman–Crippen MR) is 86.9 cm³/mol. The van der Waals surface area contributed by atoms with Crippen LogP contribution in [0.3, 0.4) is 0 Å². The summed E-state index contributed by atoms with van der Waals surface area (Å²) in [6.07, 6.45) is 2.55. The number of benzene rings is 1. The molecule has 0 saturated carbocycles. The number of carbonyl (C=O) groups excluding carboxylic acids is 1. The molecule has 0 bridgehead atoms. The van der Waals surface area contributed by atoms with Crippen molar-refractivity contribution in [2.45, 2.75) is 32.2 Å². The van der Waals surface area contributed by atoms with Crippen molar-refractivity contribution in [2.24, 2.45) is 0 Å². The van der Waals surface area contributed by atoms with Crippen molar-refractivity contribution in [3.63, 3.8) is 0 Å². The van der Waals surface area contributed by atoms with Gasteiger partial charge in [0.25, 0.3) is 5.91 Å². The third-order valence-electron chi connectivity index (χ3n) is 4.63. The lowest BCUT2D eigenvalue weighted by Crippen LogP contribution is -2.44. The van der Waals surface area contributed by atoms with Gasteiger partial charge in [-0.2, -0.15) is 0 Å². The van der Waals surface area contributed by atoms with Gasteiger partial charge in [0.05, 0.1) is 24.4 Å². The van der Waals surface area contributed by atoms with Gasteiger partial charge in [0.2, 0.25) is 5.95 Å². The number of halogens is 1. The van der Waals surface area contributed by atoms with E-state index in [1.807, 2.05) is 11.8 Å². The quantitative estimate of drug-likeness (QED) is 0.845. The first-order chi connectivity index (χ1) is 11.6. The fourth-order valence-electron chi connectivity index (χ4n) is 3.42. The summed E-state index contributed by atoms with van der Waals surface area (Å²) >= 11 is 0. The first-order valence-corrected chi connectivity index (χ1v) is 8.28. The van der Waals surface area contributed by atoms with Crippen LogP contribution in [0.1, 0.15) is 25.0 Å². The summed E-state index contributed by atoms with van der Waals surface area (Å²) in [5, 5.41) is 2.16. The molecule has 0 unspecified atom stereocenters. The van der Waals surface area contributed by atoms with E-state index in [9.17, 15) is 9.18 Å². The number of aryl methyl sites for hydroxylation is 1. The number of fused-ring (bicyclic) bond motifs is 1. The second kappa shape index (κ2) is 5.98. The number of hydrogen-bond acceptors (Lipinski definition) is 5. The number of anilines is 1. The number of hydroxylamine groups is 2. The van der Waals surface area contributed by atoms with Crippen molar-refractivity contribution in [1.29, 1.82) is 0 Å². The van der Waals surface area contributed by atoms with Crippen LogP contribution in [0, 0.1) is 12.7 Å². The van der Waals surface area contributed by atoms with Crippen LogP contribution < -0.4 is 4.90 Å². The number of rotatable bonds is 2. The molecule has 0 radical (unpaired) electrons. The summed E-state index contributed by atoms with van der Waals surface area (Å²) in [6, 6.07) is 4.20. The van der Waals surface area contributed by atoms with Gasteiger partial charge in [-0.15, -0.1) is 0 Å². The minimum Gasteiger partial charge on any atom is -0.329 e. The van der Waals surface area contributed by atoms with Crippen molar-refractivity contribution in [2.75, 3.05) is 24.6 Å². The van der Waals surface area contributed by atoms with E-state index in [-0.39, 0.29) is 17.8 Å². The molecular formula is C17H19FN4O2. The summed E-state index contributed by atoms with van der Waals surface area (Å²) in [4.78, 5) is 29.1. The standard InChI is InChI=1S/C17H19FN4O2/c1-11-13-10-12(18)5-6-14(13)20-17(19-11)21-7-2-4-15(21)16(23)22-8-3-9-24-22/h5-6,10,15H,2-4,7-9H2,1H3/t15-/m1/s1. The van der Waals surface area contributed by atoms with Gasteiger partial charge in [0.15, 0.2) is 0 Å². The van der Waals surface area contributed by atoms with Crippen LogP contribution in [-0.4, -0.2) is 46.7 Å². The molecule has 1 atom stereocenters. The lowest BCUT2D eigenvalue weighted by molar-refractivity contribution is -0.170. The highest BCUT2D eigenvalue weighted by molar-refractivity contribution is 5.86. The van der Waals surface area contributed by atoms with E-state index in [0.29, 0.717) is 35.7 Å². The smallest absolute Gasteiger partial charge is 0.268 e. The Kier molecular flexibility index (Phi) is 3.80. The van der Waals surface area contributed by atoms with Crippen LogP contribution in [0.5, 0.6) is 0 Å². The number of hydrogen-bond donors (Lipinski definition) is 0. The third kappa shape index (κ3) is 2.58. The maximum absolute atomic E-state index is 13.4. The van der Waals surface area contributed by atoms with Gasteiger partial charge in [-0.3, -0.25) is 9.63 Å². The molecule has 1 aromatic carbocycles. The normalized spacial score (nSPS) is 21.0. The molecule has 0 aliphatic carbocycles. The van der Waals surface area contributed by atoms with E-state index in [1.165, 1.54) is 17.2 Å². The largest absolute Gasteiger partial charge is 0.329 e. The maximum atomic E-state index is 13.4. The van der Waals surface area contributed by atoms with Gasteiger partial charge in [0, 0.05) is 11.9 Å². The van der Waals surface area contributed by atoms with Crippen molar-refractivity contribution < 1.29 is 14.0 Å². The monoisotopic (exact) mass is 330 g/mol. The minimum absolute atomic E-state index is 0.0227. The Bertz CT molecular complexity index is 791. The zero-order chi connectivity index (χ0) is 16.7. The van der Waals surface area contributed by atoms with E-state index >= 15 is 0 Å². The third-order valence-corrected chi connectivity index (χ3v) is 4.63. The minimum atomic E-state index is -0.303. The number of carbonyl (C=O) groups is 1. The van der Waals surface area contributed by atoms with Crippen LogP contribution in [-0.2, 0) is 9.63 Å². The van der Waals surface area contributed by atoms with E-state index in [0.717, 1.165) is 25.8 Å². The van der Waals surface area contributed by atoms with Crippen LogP contribution in [0.2, 0.25) is 0 Å². The molecule has 2 aromatic rings. The van der Waals surface area contributed by atoms with Gasteiger partial charge in [-0.1, -0.05) is 0 Å². The van der Waals surface area contributed by atoms with Crippen LogP contribution in [0.25, 0.3) is 10.9 Å². The molecule has 1 aromatic heterocycles. The Morgan fingerprint density at radius 3 is 2.96 bits per heavy atom. The van der Waals surface area contributed by atoms with Gasteiger partial charge in [0.1, 0.15) is 11.9 Å². The molecule has 3 heterocycles. The predicted octanol–water partition coefficient (Wildman–Crippen LogP) is 2.21. The van der Waals surface area contributed by atoms with Crippen LogP contribution in [0.15, 0.2) is 18.2 Å². The van der Waals surface area contributed by atoms with Crippen LogP contribution >= 0.6 is 0 Å². The molecule has 2 fully saturated rings. The highest BCUT2D eigenvalue weighted by Gasteiger charge is 2.37. The van der Waals surface area contributed by atoms with E-state index in [2.05, 4.69) is 9.97 Å². The number of amides is 1. The molecule has 2 aliphatic heterocycles. The van der Waals surface area contributed by atoms with Crippen molar-refractivity contribution >= 4 is 22.8 Å². The second-order valence-corrected chi connectivity index (χ2v) is 6.25. The molecule has 2 aliphatic rings. The Labute approximate surface area is 139 Å². The fraction of sp³-hybridized carbons (Fsp3) is 0.471. The summed E-state index contributed by atoms with van der Waals surface area (Å²) in [6.45, 7) is 3.80.